The van der Waals surface area contributed by atoms with Crippen LogP contribution in [0.5, 0.6) is 0 Å². The smallest absolute Gasteiger partial charge is 0.254 e. The quantitative estimate of drug-likeness (QED) is 0.799. The van der Waals surface area contributed by atoms with Crippen LogP contribution in [0.4, 0.5) is 4.39 Å². The molecule has 0 aliphatic carbocycles. The van der Waals surface area contributed by atoms with Crippen LogP contribution in [-0.4, -0.2) is 28.9 Å². The van der Waals surface area contributed by atoms with E-state index in [9.17, 15) is 9.18 Å². The summed E-state index contributed by atoms with van der Waals surface area (Å²) in [6.45, 7) is 5.67. The minimum Gasteiger partial charge on any atom is -0.339 e. The molecule has 2 heterocycles. The molecule has 4 heteroatoms. The highest BCUT2D eigenvalue weighted by Gasteiger charge is 2.22. The van der Waals surface area contributed by atoms with Crippen LogP contribution in [-0.2, 0) is 0 Å². The topological polar surface area (TPSA) is 33.2 Å². The van der Waals surface area contributed by atoms with Gasteiger partial charge in [0.15, 0.2) is 0 Å². The van der Waals surface area contributed by atoms with Gasteiger partial charge in [0.2, 0.25) is 0 Å². The first-order valence-corrected chi connectivity index (χ1v) is 7.91. The summed E-state index contributed by atoms with van der Waals surface area (Å²) >= 11 is 0. The number of nitrogens with zero attached hydrogens (tertiary/aromatic N) is 2. The van der Waals surface area contributed by atoms with Crippen molar-refractivity contribution in [2.24, 2.45) is 5.92 Å². The van der Waals surface area contributed by atoms with E-state index >= 15 is 0 Å². The lowest BCUT2D eigenvalue weighted by atomic mass is 10.0. The van der Waals surface area contributed by atoms with Gasteiger partial charge in [-0.3, -0.25) is 9.78 Å². The van der Waals surface area contributed by atoms with Crippen molar-refractivity contribution in [3.63, 3.8) is 0 Å². The van der Waals surface area contributed by atoms with Gasteiger partial charge < -0.3 is 4.90 Å². The van der Waals surface area contributed by atoms with Crippen LogP contribution in [0.2, 0.25) is 0 Å². The van der Waals surface area contributed by atoms with Crippen molar-refractivity contribution < 1.29 is 9.18 Å². The predicted octanol–water partition coefficient (Wildman–Crippen LogP) is 3.94. The van der Waals surface area contributed by atoms with Crippen LogP contribution in [0, 0.1) is 18.7 Å². The molecule has 1 aromatic carbocycles. The van der Waals surface area contributed by atoms with Crippen LogP contribution in [0.25, 0.3) is 10.9 Å². The lowest BCUT2D eigenvalue weighted by molar-refractivity contribution is 0.0762. The van der Waals surface area contributed by atoms with Gasteiger partial charge in [-0.2, -0.15) is 0 Å². The van der Waals surface area contributed by atoms with E-state index in [4.69, 9.17) is 0 Å². The van der Waals surface area contributed by atoms with Crippen molar-refractivity contribution in [1.82, 2.24) is 9.88 Å². The Morgan fingerprint density at radius 3 is 2.91 bits per heavy atom. The van der Waals surface area contributed by atoms with Crippen molar-refractivity contribution >= 4 is 16.8 Å². The zero-order valence-electron chi connectivity index (χ0n) is 13.1. The van der Waals surface area contributed by atoms with Gasteiger partial charge in [-0.1, -0.05) is 6.92 Å². The maximum Gasteiger partial charge on any atom is 0.254 e. The Bertz CT molecular complexity index is 708. The number of rotatable bonds is 1. The summed E-state index contributed by atoms with van der Waals surface area (Å²) in [5.41, 5.74) is 1.92. The van der Waals surface area contributed by atoms with E-state index < -0.39 is 0 Å². The first-order valence-electron chi connectivity index (χ1n) is 7.91. The number of aryl methyl sites for hydroxylation is 1. The third-order valence-corrected chi connectivity index (χ3v) is 4.43. The third-order valence-electron chi connectivity index (χ3n) is 4.43. The van der Waals surface area contributed by atoms with E-state index in [2.05, 4.69) is 11.9 Å². The first kappa shape index (κ1) is 14.9. The number of hydrogen-bond donors (Lipinski definition) is 0. The number of hydrogen-bond acceptors (Lipinski definition) is 2. The van der Waals surface area contributed by atoms with E-state index in [-0.39, 0.29) is 11.7 Å². The highest BCUT2D eigenvalue weighted by Crippen LogP contribution is 2.23. The van der Waals surface area contributed by atoms with Crippen molar-refractivity contribution in [3.8, 4) is 0 Å². The van der Waals surface area contributed by atoms with Gasteiger partial charge >= 0.3 is 0 Å². The van der Waals surface area contributed by atoms with Gasteiger partial charge in [0.25, 0.3) is 5.91 Å². The molecule has 22 heavy (non-hydrogen) atoms. The molecular weight excluding hydrogens is 279 g/mol. The molecule has 1 atom stereocenters. The van der Waals surface area contributed by atoms with E-state index in [0.717, 1.165) is 37.0 Å². The summed E-state index contributed by atoms with van der Waals surface area (Å²) in [6.07, 6.45) is 3.26. The third kappa shape index (κ3) is 2.96. The average Bonchev–Trinajstić information content (AvgIpc) is 2.70. The molecule has 116 valence electrons. The second-order valence-corrected chi connectivity index (χ2v) is 6.30. The van der Waals surface area contributed by atoms with Crippen molar-refractivity contribution in [3.05, 3.63) is 41.3 Å². The van der Waals surface area contributed by atoms with Gasteiger partial charge in [-0.25, -0.2) is 4.39 Å². The van der Waals surface area contributed by atoms with Crippen LogP contribution in [0.15, 0.2) is 24.3 Å². The molecule has 0 N–H and O–H groups in total. The monoisotopic (exact) mass is 300 g/mol. The van der Waals surface area contributed by atoms with Gasteiger partial charge in [-0.05, 0) is 50.3 Å². The number of aromatic nitrogens is 1. The van der Waals surface area contributed by atoms with Crippen LogP contribution < -0.4 is 0 Å². The van der Waals surface area contributed by atoms with Crippen LogP contribution in [0.3, 0.4) is 0 Å². The number of carbonyl (C=O) groups is 1. The molecule has 0 spiro atoms. The molecule has 0 saturated carbocycles. The highest BCUT2D eigenvalue weighted by molar-refractivity contribution is 6.06. The molecule has 1 aromatic heterocycles. The summed E-state index contributed by atoms with van der Waals surface area (Å²) in [6, 6.07) is 6.26. The summed E-state index contributed by atoms with van der Waals surface area (Å²) in [4.78, 5) is 19.2. The standard InChI is InChI=1S/C18H21FN2O/c1-12-4-3-8-21(9-7-12)18(22)16-10-13(2)20-17-11-14(19)5-6-15(16)17/h5-6,10-12H,3-4,7-9H2,1-2H3. The van der Waals surface area contributed by atoms with E-state index in [1.165, 1.54) is 18.6 Å². The molecule has 1 aliphatic heterocycles. The minimum absolute atomic E-state index is 0.0382. The molecular formula is C18H21FN2O. The molecule has 2 aromatic rings. The molecule has 1 unspecified atom stereocenters. The Morgan fingerprint density at radius 1 is 1.27 bits per heavy atom. The molecule has 0 radical (unpaired) electrons. The van der Waals surface area contributed by atoms with E-state index in [1.807, 2.05) is 17.9 Å². The number of amides is 1. The molecule has 1 amide bonds. The summed E-state index contributed by atoms with van der Waals surface area (Å²) in [7, 11) is 0. The fourth-order valence-electron chi connectivity index (χ4n) is 3.15. The second kappa shape index (κ2) is 6.03. The Morgan fingerprint density at radius 2 is 2.09 bits per heavy atom. The molecule has 1 aliphatic rings. The summed E-state index contributed by atoms with van der Waals surface area (Å²) in [5.74, 6) is 0.381. The molecule has 0 bridgehead atoms. The van der Waals surface area contributed by atoms with Crippen molar-refractivity contribution in [1.29, 1.82) is 0 Å². The predicted molar refractivity (Wildman–Crippen MR) is 85.4 cm³/mol. The normalized spacial score (nSPS) is 19.2. The molecule has 3 nitrogen and oxygen atoms in total. The Labute approximate surface area is 130 Å². The van der Waals surface area contributed by atoms with Gasteiger partial charge in [-0.15, -0.1) is 0 Å². The fourth-order valence-corrected chi connectivity index (χ4v) is 3.15. The van der Waals surface area contributed by atoms with Crippen LogP contribution >= 0.6 is 0 Å². The zero-order valence-corrected chi connectivity index (χ0v) is 13.1. The zero-order chi connectivity index (χ0) is 15.7. The van der Waals surface area contributed by atoms with E-state index in [1.54, 1.807) is 6.07 Å². The van der Waals surface area contributed by atoms with Gasteiger partial charge in [0, 0.05) is 30.2 Å². The number of fused-ring (bicyclic) bond motifs is 1. The van der Waals surface area contributed by atoms with Gasteiger partial charge in [0.05, 0.1) is 11.1 Å². The Kier molecular flexibility index (Phi) is 4.10. The average molecular weight is 300 g/mol. The molecule has 1 fully saturated rings. The number of carbonyl (C=O) groups excluding carboxylic acids is 1. The summed E-state index contributed by atoms with van der Waals surface area (Å²) < 4.78 is 13.4. The number of likely N-dealkylation sites (tertiary alicyclic amines) is 1. The SMILES string of the molecule is Cc1cc(C(=O)N2CCCC(C)CC2)c2ccc(F)cc2n1. The Hall–Kier alpha value is -1.97. The maximum absolute atomic E-state index is 13.4. The van der Waals surface area contributed by atoms with Crippen molar-refractivity contribution in [2.45, 2.75) is 33.1 Å². The first-order chi connectivity index (χ1) is 10.5. The largest absolute Gasteiger partial charge is 0.339 e. The molecule has 1 saturated heterocycles. The highest BCUT2D eigenvalue weighted by atomic mass is 19.1. The van der Waals surface area contributed by atoms with Crippen molar-refractivity contribution in [2.75, 3.05) is 13.1 Å². The van der Waals surface area contributed by atoms with Crippen LogP contribution in [0.1, 0.15) is 42.2 Å². The summed E-state index contributed by atoms with van der Waals surface area (Å²) in [5, 5.41) is 0.731. The lowest BCUT2D eigenvalue weighted by Gasteiger charge is -2.21. The number of pyridine rings is 1. The fraction of sp³-hybridized carbons (Fsp3) is 0.444. The second-order valence-electron chi connectivity index (χ2n) is 6.30. The lowest BCUT2D eigenvalue weighted by Crippen LogP contribution is -2.32. The van der Waals surface area contributed by atoms with Gasteiger partial charge in [0.1, 0.15) is 5.82 Å². The minimum atomic E-state index is -0.326. The number of benzene rings is 1. The maximum atomic E-state index is 13.4. The number of halogens is 1. The Balaban J connectivity index is 1.99. The van der Waals surface area contributed by atoms with E-state index in [0.29, 0.717) is 17.0 Å². The molecule has 3 rings (SSSR count).